The van der Waals surface area contributed by atoms with Gasteiger partial charge in [0.05, 0.1) is 41.5 Å². The Morgan fingerprint density at radius 3 is 2.15 bits per heavy atom. The van der Waals surface area contributed by atoms with Crippen LogP contribution in [0.3, 0.4) is 0 Å². The molecule has 0 heterocycles. The predicted octanol–water partition coefficient (Wildman–Crippen LogP) is -0.293. The molecule has 0 aromatic rings. The van der Waals surface area contributed by atoms with E-state index in [1.54, 1.807) is 27.7 Å². The summed E-state index contributed by atoms with van der Waals surface area (Å²) in [6.07, 6.45) is -5.23. The van der Waals surface area contributed by atoms with Gasteiger partial charge in [-0.15, -0.1) is 0 Å². The zero-order valence-electron chi connectivity index (χ0n) is 21.0. The van der Waals surface area contributed by atoms with Crippen molar-refractivity contribution in [1.29, 1.82) is 0 Å². The van der Waals surface area contributed by atoms with E-state index >= 15 is 0 Å². The van der Waals surface area contributed by atoms with Gasteiger partial charge in [-0.25, -0.2) is 0 Å². The van der Waals surface area contributed by atoms with Gasteiger partial charge >= 0.3 is 5.97 Å². The Bertz CT molecular complexity index is 838. The van der Waals surface area contributed by atoms with Crippen molar-refractivity contribution in [3.8, 4) is 0 Å². The Kier molecular flexibility index (Phi) is 5.87. The van der Waals surface area contributed by atoms with E-state index in [9.17, 15) is 40.5 Å². The van der Waals surface area contributed by atoms with Crippen LogP contribution in [0.4, 0.5) is 0 Å². The Labute approximate surface area is 200 Å². The third kappa shape index (κ3) is 3.07. The van der Waals surface area contributed by atoms with E-state index < -0.39 is 87.8 Å². The molecule has 34 heavy (non-hydrogen) atoms. The molecule has 0 aromatic heterocycles. The maximum Gasteiger partial charge on any atom is 0.311 e. The van der Waals surface area contributed by atoms with Crippen LogP contribution in [-0.2, 0) is 9.53 Å². The van der Waals surface area contributed by atoms with Crippen molar-refractivity contribution in [2.24, 2.45) is 34.5 Å². The number of carbonyl (C=O) groups excluding carboxylic acids is 1. The standard InChI is InChI=1S/C25H42O9/c1-11(12(2)26)20(30)34-19-13-7-8-14-23(6,32)17-16(28)18(29)21(3,4)25(17,33)15(27)9-24(14,19)10-22(13,5)31/h11-19,26-29,31-33H,7-10H2,1-6H3/t11-,12-,13+,14-,15+,16+,17-,18-,19+,22+,23+,24-,25+/m0/s1. The summed E-state index contributed by atoms with van der Waals surface area (Å²) in [5, 5.41) is 78.7. The van der Waals surface area contributed by atoms with Crippen molar-refractivity contribution in [3.05, 3.63) is 0 Å². The summed E-state index contributed by atoms with van der Waals surface area (Å²) in [7, 11) is 0. The first kappa shape index (κ1) is 26.3. The first-order valence-electron chi connectivity index (χ1n) is 12.5. The summed E-state index contributed by atoms with van der Waals surface area (Å²) in [5.41, 5.74) is -7.47. The van der Waals surface area contributed by atoms with Gasteiger partial charge in [-0.05, 0) is 59.3 Å². The van der Waals surface area contributed by atoms with Gasteiger partial charge in [0.2, 0.25) is 0 Å². The quantitative estimate of drug-likeness (QED) is 0.265. The van der Waals surface area contributed by atoms with Gasteiger partial charge in [-0.3, -0.25) is 4.79 Å². The molecule has 13 atom stereocenters. The van der Waals surface area contributed by atoms with Crippen molar-refractivity contribution in [2.75, 3.05) is 0 Å². The molecular formula is C25H42O9. The number of aliphatic hydroxyl groups is 7. The van der Waals surface area contributed by atoms with Crippen LogP contribution >= 0.6 is 0 Å². The SMILES string of the molecule is C[C@H](O)[C@H](C)C(=O)O[C@@H]1[C@H]2CC[C@H]3[C@@](C)(O)[C@@H]4[C@@H](O)[C@H](O)C(C)(C)[C@@]4(O)[C@H](O)C[C@@]13C[C@@]2(C)O. The van der Waals surface area contributed by atoms with Gasteiger partial charge in [0, 0.05) is 22.7 Å². The summed E-state index contributed by atoms with van der Waals surface area (Å²) in [6.45, 7) is 9.33. The molecule has 0 aliphatic heterocycles. The second kappa shape index (κ2) is 7.60. The van der Waals surface area contributed by atoms with E-state index in [1.807, 2.05) is 0 Å². The minimum Gasteiger partial charge on any atom is -0.461 e. The summed E-state index contributed by atoms with van der Waals surface area (Å²) in [5.74, 6) is -3.80. The number of fused-ring (bicyclic) bond motifs is 2. The van der Waals surface area contributed by atoms with Crippen LogP contribution in [0.2, 0.25) is 0 Å². The topological polar surface area (TPSA) is 168 Å². The zero-order chi connectivity index (χ0) is 25.8. The lowest BCUT2D eigenvalue weighted by atomic mass is 9.57. The van der Waals surface area contributed by atoms with Crippen LogP contribution in [0, 0.1) is 34.5 Å². The predicted molar refractivity (Wildman–Crippen MR) is 120 cm³/mol. The number of hydrogen-bond acceptors (Lipinski definition) is 9. The van der Waals surface area contributed by atoms with Crippen molar-refractivity contribution >= 4 is 5.97 Å². The lowest BCUT2D eigenvalue weighted by molar-refractivity contribution is -0.211. The average Bonchev–Trinajstić information content (AvgIpc) is 2.89. The lowest BCUT2D eigenvalue weighted by Crippen LogP contribution is -2.62. The molecule has 0 radical (unpaired) electrons. The lowest BCUT2D eigenvalue weighted by Gasteiger charge is -2.52. The monoisotopic (exact) mass is 486 g/mol. The van der Waals surface area contributed by atoms with E-state index in [0.717, 1.165) is 0 Å². The fraction of sp³-hybridized carbons (Fsp3) is 0.960. The first-order chi connectivity index (χ1) is 15.4. The Morgan fingerprint density at radius 1 is 1.00 bits per heavy atom. The van der Waals surface area contributed by atoms with Gasteiger partial charge in [-0.2, -0.15) is 0 Å². The van der Waals surface area contributed by atoms with Crippen molar-refractivity contribution < 1.29 is 45.3 Å². The zero-order valence-corrected chi connectivity index (χ0v) is 21.0. The molecule has 0 amide bonds. The second-order valence-electron chi connectivity index (χ2n) is 12.8. The maximum absolute atomic E-state index is 12.9. The van der Waals surface area contributed by atoms with E-state index in [4.69, 9.17) is 4.74 Å². The average molecular weight is 487 g/mol. The number of hydrogen-bond donors (Lipinski definition) is 7. The number of esters is 1. The van der Waals surface area contributed by atoms with Crippen LogP contribution in [0.1, 0.15) is 67.2 Å². The highest BCUT2D eigenvalue weighted by atomic mass is 16.5. The Hall–Kier alpha value is -0.810. The van der Waals surface area contributed by atoms with E-state index in [1.165, 1.54) is 13.8 Å². The fourth-order valence-electron chi connectivity index (χ4n) is 8.54. The van der Waals surface area contributed by atoms with Crippen LogP contribution in [0.15, 0.2) is 0 Å². The number of rotatable bonds is 3. The van der Waals surface area contributed by atoms with Gasteiger partial charge in [-0.1, -0.05) is 13.8 Å². The third-order valence-electron chi connectivity index (χ3n) is 10.5. The maximum atomic E-state index is 12.9. The van der Waals surface area contributed by atoms with Crippen LogP contribution in [0.5, 0.6) is 0 Å². The largest absolute Gasteiger partial charge is 0.461 e. The van der Waals surface area contributed by atoms with E-state index in [2.05, 4.69) is 0 Å². The van der Waals surface area contributed by atoms with Crippen molar-refractivity contribution in [3.63, 3.8) is 0 Å². The molecule has 4 rings (SSSR count). The molecule has 0 saturated heterocycles. The van der Waals surface area contributed by atoms with Gasteiger partial charge in [0.1, 0.15) is 11.7 Å². The first-order valence-corrected chi connectivity index (χ1v) is 12.5. The molecule has 4 aliphatic rings. The Balaban J connectivity index is 1.86. The number of carbonyl (C=O) groups is 1. The number of ether oxygens (including phenoxy) is 1. The molecule has 4 saturated carbocycles. The number of aliphatic hydroxyl groups excluding tert-OH is 4. The fourth-order valence-corrected chi connectivity index (χ4v) is 8.54. The molecule has 9 nitrogen and oxygen atoms in total. The van der Waals surface area contributed by atoms with Gasteiger partial charge in [0.15, 0.2) is 0 Å². The van der Waals surface area contributed by atoms with Gasteiger partial charge < -0.3 is 40.5 Å². The smallest absolute Gasteiger partial charge is 0.311 e. The minimum atomic E-state index is -2.03. The summed E-state index contributed by atoms with van der Waals surface area (Å²) >= 11 is 0. The highest BCUT2D eigenvalue weighted by molar-refractivity contribution is 5.73. The summed E-state index contributed by atoms with van der Waals surface area (Å²) in [6, 6.07) is 0. The molecule has 4 fully saturated rings. The summed E-state index contributed by atoms with van der Waals surface area (Å²) in [4.78, 5) is 12.9. The molecule has 0 unspecified atom stereocenters. The normalized spacial score (nSPS) is 55.6. The molecule has 196 valence electrons. The third-order valence-corrected chi connectivity index (χ3v) is 10.5. The Morgan fingerprint density at radius 2 is 1.59 bits per heavy atom. The second-order valence-corrected chi connectivity index (χ2v) is 12.8. The van der Waals surface area contributed by atoms with Crippen molar-refractivity contribution in [1.82, 2.24) is 0 Å². The highest BCUT2D eigenvalue weighted by Gasteiger charge is 2.79. The molecule has 9 heteroatoms. The minimum absolute atomic E-state index is 0.0860. The van der Waals surface area contributed by atoms with Crippen LogP contribution < -0.4 is 0 Å². The molecule has 1 spiro atoms. The van der Waals surface area contributed by atoms with Gasteiger partial charge in [0.25, 0.3) is 0 Å². The highest BCUT2D eigenvalue weighted by Crippen LogP contribution is 2.70. The molecule has 0 aromatic carbocycles. The molecular weight excluding hydrogens is 444 g/mol. The molecule has 4 aliphatic carbocycles. The van der Waals surface area contributed by atoms with E-state index in [-0.39, 0.29) is 12.8 Å². The van der Waals surface area contributed by atoms with E-state index in [0.29, 0.717) is 12.8 Å². The molecule has 2 bridgehead atoms. The molecule has 7 N–H and O–H groups in total. The van der Waals surface area contributed by atoms with Crippen molar-refractivity contribution in [2.45, 2.75) is 115 Å². The van der Waals surface area contributed by atoms with Crippen LogP contribution in [0.25, 0.3) is 0 Å². The summed E-state index contributed by atoms with van der Waals surface area (Å²) < 4.78 is 5.97. The van der Waals surface area contributed by atoms with Crippen LogP contribution in [-0.4, -0.2) is 89.0 Å².